The Bertz CT molecular complexity index is 374. The standard InChI is InChI=1S/C9H17N3O3S/c1-7(5-10)16(13,14)12-3-4-15-9(6-12)8(2)11/h7-9H,3-4,6,11H2,1-2H3. The number of sulfonamides is 1. The van der Waals surface area contributed by atoms with Gasteiger partial charge in [-0.15, -0.1) is 0 Å². The molecular formula is C9H17N3O3S. The second-order valence-electron chi connectivity index (χ2n) is 3.94. The average molecular weight is 247 g/mol. The zero-order valence-electron chi connectivity index (χ0n) is 9.46. The number of nitrogens with zero attached hydrogens (tertiary/aromatic N) is 2. The molecule has 1 saturated heterocycles. The molecule has 1 aliphatic rings. The maximum atomic E-state index is 11.9. The molecular weight excluding hydrogens is 230 g/mol. The van der Waals surface area contributed by atoms with Crippen LogP contribution in [0.3, 0.4) is 0 Å². The highest BCUT2D eigenvalue weighted by molar-refractivity contribution is 7.89. The van der Waals surface area contributed by atoms with Gasteiger partial charge in [-0.2, -0.15) is 9.57 Å². The van der Waals surface area contributed by atoms with Gasteiger partial charge in [-0.05, 0) is 13.8 Å². The van der Waals surface area contributed by atoms with Crippen LogP contribution in [0.5, 0.6) is 0 Å². The smallest absolute Gasteiger partial charge is 0.230 e. The summed E-state index contributed by atoms with van der Waals surface area (Å²) in [5, 5.41) is 7.64. The molecule has 1 fully saturated rings. The number of hydrogen-bond donors (Lipinski definition) is 1. The van der Waals surface area contributed by atoms with Crippen LogP contribution in [-0.2, 0) is 14.8 Å². The van der Waals surface area contributed by atoms with E-state index in [1.165, 1.54) is 11.2 Å². The van der Waals surface area contributed by atoms with Crippen LogP contribution in [0.25, 0.3) is 0 Å². The summed E-state index contributed by atoms with van der Waals surface area (Å²) in [6, 6.07) is 1.52. The van der Waals surface area contributed by atoms with E-state index in [1.807, 2.05) is 0 Å². The fraction of sp³-hybridized carbons (Fsp3) is 0.889. The largest absolute Gasteiger partial charge is 0.374 e. The molecule has 0 radical (unpaired) electrons. The van der Waals surface area contributed by atoms with E-state index < -0.39 is 15.3 Å². The van der Waals surface area contributed by atoms with Crippen molar-refractivity contribution in [2.75, 3.05) is 19.7 Å². The second-order valence-corrected chi connectivity index (χ2v) is 6.20. The molecule has 3 atom stereocenters. The van der Waals surface area contributed by atoms with Crippen molar-refractivity contribution in [2.45, 2.75) is 31.2 Å². The summed E-state index contributed by atoms with van der Waals surface area (Å²) in [6.07, 6.45) is -0.297. The maximum absolute atomic E-state index is 11.9. The summed E-state index contributed by atoms with van der Waals surface area (Å²) in [4.78, 5) is 0. The Morgan fingerprint density at radius 3 is 2.69 bits per heavy atom. The minimum absolute atomic E-state index is 0.226. The third-order valence-electron chi connectivity index (χ3n) is 2.63. The van der Waals surface area contributed by atoms with E-state index in [-0.39, 0.29) is 25.2 Å². The van der Waals surface area contributed by atoms with E-state index in [1.54, 1.807) is 13.0 Å². The van der Waals surface area contributed by atoms with E-state index in [9.17, 15) is 8.42 Å². The summed E-state index contributed by atoms with van der Waals surface area (Å²) in [7, 11) is -3.54. The lowest BCUT2D eigenvalue weighted by atomic mass is 10.2. The first kappa shape index (κ1) is 13.4. The van der Waals surface area contributed by atoms with Crippen molar-refractivity contribution >= 4 is 10.0 Å². The van der Waals surface area contributed by atoms with Crippen molar-refractivity contribution in [2.24, 2.45) is 5.73 Å². The fourth-order valence-electron chi connectivity index (χ4n) is 1.49. The van der Waals surface area contributed by atoms with Gasteiger partial charge in [-0.3, -0.25) is 0 Å². The van der Waals surface area contributed by atoms with Crippen LogP contribution in [0.15, 0.2) is 0 Å². The second kappa shape index (κ2) is 5.10. The number of rotatable bonds is 3. The Balaban J connectivity index is 2.79. The first-order valence-electron chi connectivity index (χ1n) is 5.15. The van der Waals surface area contributed by atoms with Gasteiger partial charge in [0.05, 0.1) is 18.8 Å². The third-order valence-corrected chi connectivity index (χ3v) is 4.68. The van der Waals surface area contributed by atoms with Crippen LogP contribution in [0.2, 0.25) is 0 Å². The molecule has 1 rings (SSSR count). The molecule has 1 aliphatic heterocycles. The fourth-order valence-corrected chi connectivity index (χ4v) is 2.75. The van der Waals surface area contributed by atoms with E-state index in [0.29, 0.717) is 6.61 Å². The normalized spacial score (nSPS) is 27.0. The molecule has 6 nitrogen and oxygen atoms in total. The topological polar surface area (TPSA) is 96.4 Å². The Morgan fingerprint density at radius 1 is 1.56 bits per heavy atom. The zero-order chi connectivity index (χ0) is 12.3. The predicted molar refractivity (Wildman–Crippen MR) is 59.0 cm³/mol. The SMILES string of the molecule is CC(N)C1CN(S(=O)(=O)C(C)C#N)CCO1. The number of ether oxygens (including phenoxy) is 1. The number of nitrogens with two attached hydrogens (primary N) is 1. The van der Waals surface area contributed by atoms with Gasteiger partial charge >= 0.3 is 0 Å². The van der Waals surface area contributed by atoms with Crippen molar-refractivity contribution in [3.8, 4) is 6.07 Å². The number of hydrogen-bond acceptors (Lipinski definition) is 5. The Morgan fingerprint density at radius 2 is 2.19 bits per heavy atom. The molecule has 0 aromatic rings. The molecule has 7 heteroatoms. The molecule has 0 bridgehead atoms. The van der Waals surface area contributed by atoms with Gasteiger partial charge < -0.3 is 10.5 Å². The van der Waals surface area contributed by atoms with Crippen molar-refractivity contribution in [3.63, 3.8) is 0 Å². The van der Waals surface area contributed by atoms with E-state index >= 15 is 0 Å². The van der Waals surface area contributed by atoms with Crippen LogP contribution in [0.4, 0.5) is 0 Å². The summed E-state index contributed by atoms with van der Waals surface area (Å²) >= 11 is 0. The lowest BCUT2D eigenvalue weighted by Gasteiger charge is -2.34. The summed E-state index contributed by atoms with van der Waals surface area (Å²) in [5.74, 6) is 0. The van der Waals surface area contributed by atoms with Gasteiger partial charge in [0.25, 0.3) is 0 Å². The average Bonchev–Trinajstić information content (AvgIpc) is 2.28. The first-order chi connectivity index (χ1) is 7.39. The summed E-state index contributed by atoms with van der Waals surface area (Å²) in [6.45, 7) is 3.99. The Kier molecular flexibility index (Phi) is 4.27. The zero-order valence-corrected chi connectivity index (χ0v) is 10.3. The lowest BCUT2D eigenvalue weighted by Crippen LogP contribution is -2.52. The van der Waals surface area contributed by atoms with Crippen molar-refractivity contribution in [1.82, 2.24) is 4.31 Å². The minimum Gasteiger partial charge on any atom is -0.374 e. The molecule has 0 saturated carbocycles. The molecule has 0 aromatic carbocycles. The van der Waals surface area contributed by atoms with Crippen molar-refractivity contribution in [3.05, 3.63) is 0 Å². The van der Waals surface area contributed by atoms with Gasteiger partial charge in [0.2, 0.25) is 10.0 Å². The van der Waals surface area contributed by atoms with Crippen LogP contribution >= 0.6 is 0 Å². The van der Waals surface area contributed by atoms with Gasteiger partial charge in [-0.25, -0.2) is 8.42 Å². The molecule has 1 heterocycles. The molecule has 16 heavy (non-hydrogen) atoms. The molecule has 2 N–H and O–H groups in total. The molecule has 3 unspecified atom stereocenters. The van der Waals surface area contributed by atoms with Crippen molar-refractivity contribution < 1.29 is 13.2 Å². The van der Waals surface area contributed by atoms with Gasteiger partial charge in [0.15, 0.2) is 5.25 Å². The quantitative estimate of drug-likeness (QED) is 0.709. The summed E-state index contributed by atoms with van der Waals surface area (Å²) in [5.41, 5.74) is 5.67. The number of morpholine rings is 1. The van der Waals surface area contributed by atoms with E-state index in [2.05, 4.69) is 0 Å². The number of nitriles is 1. The maximum Gasteiger partial charge on any atom is 0.230 e. The monoisotopic (exact) mass is 247 g/mol. The molecule has 0 spiro atoms. The predicted octanol–water partition coefficient (Wildman–Crippen LogP) is -0.724. The van der Waals surface area contributed by atoms with Crippen molar-refractivity contribution in [1.29, 1.82) is 5.26 Å². The minimum atomic E-state index is -3.54. The molecule has 0 amide bonds. The molecule has 0 aromatic heterocycles. The van der Waals surface area contributed by atoms with Gasteiger partial charge in [0.1, 0.15) is 0 Å². The molecule has 92 valence electrons. The lowest BCUT2D eigenvalue weighted by molar-refractivity contribution is -0.0121. The highest BCUT2D eigenvalue weighted by Crippen LogP contribution is 2.15. The van der Waals surface area contributed by atoms with E-state index in [4.69, 9.17) is 15.7 Å². The highest BCUT2D eigenvalue weighted by atomic mass is 32.2. The van der Waals surface area contributed by atoms with Crippen LogP contribution in [0.1, 0.15) is 13.8 Å². The Labute approximate surface area is 96.0 Å². The van der Waals surface area contributed by atoms with Crippen LogP contribution < -0.4 is 5.73 Å². The van der Waals surface area contributed by atoms with Crippen LogP contribution in [-0.4, -0.2) is 49.8 Å². The van der Waals surface area contributed by atoms with Gasteiger partial charge in [-0.1, -0.05) is 0 Å². The highest BCUT2D eigenvalue weighted by Gasteiger charge is 2.34. The summed E-state index contributed by atoms with van der Waals surface area (Å²) < 4.78 is 30.4. The van der Waals surface area contributed by atoms with Gasteiger partial charge in [0, 0.05) is 19.1 Å². The molecule has 0 aliphatic carbocycles. The Hall–Kier alpha value is -0.680. The third kappa shape index (κ3) is 2.71. The van der Waals surface area contributed by atoms with E-state index in [0.717, 1.165) is 0 Å². The van der Waals surface area contributed by atoms with Crippen LogP contribution in [0, 0.1) is 11.3 Å². The first-order valence-corrected chi connectivity index (χ1v) is 6.65.